The highest BCUT2D eigenvalue weighted by molar-refractivity contribution is 5.76. The zero-order valence-corrected chi connectivity index (χ0v) is 12.3. The highest BCUT2D eigenvalue weighted by atomic mass is 16.1. The number of rotatable bonds is 7. The van der Waals surface area contributed by atoms with E-state index in [2.05, 4.69) is 26.1 Å². The van der Waals surface area contributed by atoms with Gasteiger partial charge in [0.1, 0.15) is 0 Å². The van der Waals surface area contributed by atoms with Crippen molar-refractivity contribution in [1.29, 1.82) is 0 Å². The number of para-hydroxylation sites is 1. The summed E-state index contributed by atoms with van der Waals surface area (Å²) in [6.45, 7) is 6.47. The van der Waals surface area contributed by atoms with Crippen LogP contribution < -0.4 is 11.1 Å². The van der Waals surface area contributed by atoms with Crippen LogP contribution in [0.15, 0.2) is 24.3 Å². The fourth-order valence-corrected chi connectivity index (χ4v) is 2.01. The van der Waals surface area contributed by atoms with E-state index >= 15 is 0 Å². The first-order chi connectivity index (χ1) is 8.99. The molecule has 3 N–H and O–H groups in total. The average molecular weight is 262 g/mol. The fourth-order valence-electron chi connectivity index (χ4n) is 2.01. The van der Waals surface area contributed by atoms with E-state index in [1.165, 1.54) is 0 Å². The third-order valence-corrected chi connectivity index (χ3v) is 3.26. The topological polar surface area (TPSA) is 55.1 Å². The van der Waals surface area contributed by atoms with Crippen molar-refractivity contribution in [2.75, 3.05) is 5.73 Å². The molecule has 0 fully saturated rings. The second kappa shape index (κ2) is 7.82. The van der Waals surface area contributed by atoms with Crippen LogP contribution >= 0.6 is 0 Å². The fraction of sp³-hybridized carbons (Fsp3) is 0.562. The summed E-state index contributed by atoms with van der Waals surface area (Å²) in [7, 11) is 0. The molecule has 0 aliphatic rings. The van der Waals surface area contributed by atoms with Gasteiger partial charge < -0.3 is 11.1 Å². The van der Waals surface area contributed by atoms with Gasteiger partial charge >= 0.3 is 0 Å². The predicted octanol–water partition coefficient (Wildman–Crippen LogP) is 3.14. The number of nitrogens with one attached hydrogen (secondary N) is 1. The summed E-state index contributed by atoms with van der Waals surface area (Å²) in [6.07, 6.45) is 3.39. The SMILES string of the molecule is CC(C)CCC(C)NC(=O)CCc1ccccc1N. The van der Waals surface area contributed by atoms with Crippen LogP contribution in [0, 0.1) is 5.92 Å². The van der Waals surface area contributed by atoms with Gasteiger partial charge in [-0.1, -0.05) is 32.0 Å². The molecule has 19 heavy (non-hydrogen) atoms. The van der Waals surface area contributed by atoms with Crippen LogP contribution in [0.2, 0.25) is 0 Å². The normalized spacial score (nSPS) is 12.4. The zero-order chi connectivity index (χ0) is 14.3. The van der Waals surface area contributed by atoms with E-state index in [1.807, 2.05) is 24.3 Å². The summed E-state index contributed by atoms with van der Waals surface area (Å²) in [5.41, 5.74) is 7.67. The smallest absolute Gasteiger partial charge is 0.220 e. The molecule has 0 aliphatic heterocycles. The lowest BCUT2D eigenvalue weighted by atomic mass is 10.0. The molecule has 1 rings (SSSR count). The first-order valence-corrected chi connectivity index (χ1v) is 7.11. The summed E-state index contributed by atoms with van der Waals surface area (Å²) < 4.78 is 0. The van der Waals surface area contributed by atoms with Gasteiger partial charge in [0.05, 0.1) is 0 Å². The molecule has 3 nitrogen and oxygen atoms in total. The Morgan fingerprint density at radius 3 is 2.53 bits per heavy atom. The minimum atomic E-state index is 0.111. The second-order valence-electron chi connectivity index (χ2n) is 5.64. The minimum absolute atomic E-state index is 0.111. The molecular formula is C16H26N2O. The third-order valence-electron chi connectivity index (χ3n) is 3.26. The molecule has 3 heteroatoms. The molecule has 1 amide bonds. The predicted molar refractivity (Wildman–Crippen MR) is 80.9 cm³/mol. The number of nitrogens with two attached hydrogens (primary N) is 1. The highest BCUT2D eigenvalue weighted by Gasteiger charge is 2.09. The first kappa shape index (κ1) is 15.5. The number of carbonyl (C=O) groups is 1. The molecular weight excluding hydrogens is 236 g/mol. The van der Waals surface area contributed by atoms with Gasteiger partial charge in [-0.3, -0.25) is 4.79 Å². The Labute approximate surface area is 116 Å². The largest absolute Gasteiger partial charge is 0.399 e. The van der Waals surface area contributed by atoms with Gasteiger partial charge in [-0.25, -0.2) is 0 Å². The first-order valence-electron chi connectivity index (χ1n) is 7.11. The summed E-state index contributed by atoms with van der Waals surface area (Å²) in [5.74, 6) is 0.794. The third kappa shape index (κ3) is 6.27. The van der Waals surface area contributed by atoms with Crippen LogP contribution in [0.3, 0.4) is 0 Å². The molecule has 1 aromatic rings. The van der Waals surface area contributed by atoms with Crippen molar-refractivity contribution in [3.05, 3.63) is 29.8 Å². The maximum Gasteiger partial charge on any atom is 0.220 e. The van der Waals surface area contributed by atoms with Crippen LogP contribution in [0.4, 0.5) is 5.69 Å². The minimum Gasteiger partial charge on any atom is -0.399 e. The van der Waals surface area contributed by atoms with Crippen LogP contribution in [-0.2, 0) is 11.2 Å². The molecule has 0 saturated carbocycles. The molecule has 0 radical (unpaired) electrons. The van der Waals surface area contributed by atoms with Gasteiger partial charge in [-0.15, -0.1) is 0 Å². The summed E-state index contributed by atoms with van der Waals surface area (Å²) in [6, 6.07) is 7.97. The Hall–Kier alpha value is -1.51. The molecule has 1 atom stereocenters. The number of aryl methyl sites for hydroxylation is 1. The van der Waals surface area contributed by atoms with Crippen molar-refractivity contribution in [1.82, 2.24) is 5.32 Å². The highest BCUT2D eigenvalue weighted by Crippen LogP contribution is 2.13. The van der Waals surface area contributed by atoms with Crippen molar-refractivity contribution in [2.45, 2.75) is 52.5 Å². The monoisotopic (exact) mass is 262 g/mol. The molecule has 0 saturated heterocycles. The van der Waals surface area contributed by atoms with E-state index < -0.39 is 0 Å². The molecule has 1 aromatic carbocycles. The van der Waals surface area contributed by atoms with E-state index in [0.29, 0.717) is 18.8 Å². The summed E-state index contributed by atoms with van der Waals surface area (Å²) in [4.78, 5) is 11.8. The number of carbonyl (C=O) groups excluding carboxylic acids is 1. The van der Waals surface area contributed by atoms with Crippen LogP contribution in [0.5, 0.6) is 0 Å². The molecule has 0 bridgehead atoms. The molecule has 0 heterocycles. The van der Waals surface area contributed by atoms with Gasteiger partial charge in [-0.2, -0.15) is 0 Å². The molecule has 106 valence electrons. The van der Waals surface area contributed by atoms with Crippen LogP contribution in [-0.4, -0.2) is 11.9 Å². The Kier molecular flexibility index (Phi) is 6.40. The van der Waals surface area contributed by atoms with E-state index in [9.17, 15) is 4.79 Å². The van der Waals surface area contributed by atoms with Crippen molar-refractivity contribution >= 4 is 11.6 Å². The number of benzene rings is 1. The van der Waals surface area contributed by atoms with Gasteiger partial charge in [0.2, 0.25) is 5.91 Å². The Balaban J connectivity index is 2.30. The van der Waals surface area contributed by atoms with E-state index in [-0.39, 0.29) is 11.9 Å². The lowest BCUT2D eigenvalue weighted by molar-refractivity contribution is -0.121. The zero-order valence-electron chi connectivity index (χ0n) is 12.3. The maximum absolute atomic E-state index is 11.8. The van der Waals surface area contributed by atoms with Crippen molar-refractivity contribution in [2.24, 2.45) is 5.92 Å². The molecule has 1 unspecified atom stereocenters. The molecule has 0 spiro atoms. The van der Waals surface area contributed by atoms with Crippen LogP contribution in [0.25, 0.3) is 0 Å². The van der Waals surface area contributed by atoms with Crippen molar-refractivity contribution in [3.63, 3.8) is 0 Å². The lowest BCUT2D eigenvalue weighted by Gasteiger charge is -2.15. The number of amides is 1. The Morgan fingerprint density at radius 2 is 1.89 bits per heavy atom. The second-order valence-corrected chi connectivity index (χ2v) is 5.64. The van der Waals surface area contributed by atoms with Crippen molar-refractivity contribution < 1.29 is 4.79 Å². The molecule has 0 aliphatic carbocycles. The van der Waals surface area contributed by atoms with Gasteiger partial charge in [-0.05, 0) is 43.7 Å². The van der Waals surface area contributed by atoms with E-state index in [0.717, 1.165) is 24.1 Å². The lowest BCUT2D eigenvalue weighted by Crippen LogP contribution is -2.32. The average Bonchev–Trinajstić information content (AvgIpc) is 2.35. The van der Waals surface area contributed by atoms with Crippen molar-refractivity contribution in [3.8, 4) is 0 Å². The number of hydrogen-bond donors (Lipinski definition) is 2. The van der Waals surface area contributed by atoms with E-state index in [1.54, 1.807) is 0 Å². The van der Waals surface area contributed by atoms with Crippen LogP contribution in [0.1, 0.15) is 45.6 Å². The standard InChI is InChI=1S/C16H26N2O/c1-12(2)8-9-13(3)18-16(19)11-10-14-6-4-5-7-15(14)17/h4-7,12-13H,8-11,17H2,1-3H3,(H,18,19). The summed E-state index contributed by atoms with van der Waals surface area (Å²) in [5, 5.41) is 3.05. The Morgan fingerprint density at radius 1 is 1.21 bits per heavy atom. The number of anilines is 1. The summed E-state index contributed by atoms with van der Waals surface area (Å²) >= 11 is 0. The Bertz CT molecular complexity index is 401. The van der Waals surface area contributed by atoms with Gasteiger partial charge in [0, 0.05) is 18.2 Å². The van der Waals surface area contributed by atoms with E-state index in [4.69, 9.17) is 5.73 Å². The van der Waals surface area contributed by atoms with Gasteiger partial charge in [0.25, 0.3) is 0 Å². The maximum atomic E-state index is 11.8. The number of hydrogen-bond acceptors (Lipinski definition) is 2. The molecule has 0 aromatic heterocycles. The van der Waals surface area contributed by atoms with Gasteiger partial charge in [0.15, 0.2) is 0 Å². The number of nitrogen functional groups attached to an aromatic ring is 1. The quantitative estimate of drug-likeness (QED) is 0.742.